The molecule has 0 saturated heterocycles. The van der Waals surface area contributed by atoms with E-state index >= 15 is 0 Å². The van der Waals surface area contributed by atoms with Crippen LogP contribution in [0.2, 0.25) is 5.02 Å². The Bertz CT molecular complexity index is 534. The summed E-state index contributed by atoms with van der Waals surface area (Å²) in [6, 6.07) is 5.89. The molecule has 1 atom stereocenters. The maximum atomic E-state index is 11.5. The highest BCUT2D eigenvalue weighted by molar-refractivity contribution is 9.10. The van der Waals surface area contributed by atoms with Gasteiger partial charge in [0, 0.05) is 21.3 Å². The Morgan fingerprint density at radius 1 is 1.35 bits per heavy atom. The molecule has 0 spiro atoms. The van der Waals surface area contributed by atoms with E-state index in [0.717, 1.165) is 23.0 Å². The zero-order valence-electron chi connectivity index (χ0n) is 11.8. The molecule has 1 rings (SSSR count). The Morgan fingerprint density at radius 3 is 2.60 bits per heavy atom. The van der Waals surface area contributed by atoms with Crippen LogP contribution in [0.5, 0.6) is 0 Å². The van der Waals surface area contributed by atoms with Crippen LogP contribution < -0.4 is 5.32 Å². The topological polar surface area (TPSA) is 46.2 Å². The first-order valence-electron chi connectivity index (χ1n) is 6.78. The molecular formula is C14H21BrClNO2S. The van der Waals surface area contributed by atoms with Gasteiger partial charge in [0.2, 0.25) is 0 Å². The molecule has 1 aromatic rings. The maximum absolute atomic E-state index is 11.5. The summed E-state index contributed by atoms with van der Waals surface area (Å²) in [6.07, 6.45) is 1.40. The van der Waals surface area contributed by atoms with Crippen molar-refractivity contribution in [2.24, 2.45) is 0 Å². The molecule has 0 aromatic heterocycles. The Labute approximate surface area is 135 Å². The molecule has 0 aliphatic rings. The Balaban J connectivity index is 2.74. The molecule has 0 saturated carbocycles. The van der Waals surface area contributed by atoms with Crippen LogP contribution in [-0.4, -0.2) is 26.5 Å². The van der Waals surface area contributed by atoms with Gasteiger partial charge in [0.25, 0.3) is 0 Å². The highest BCUT2D eigenvalue weighted by atomic mass is 79.9. The van der Waals surface area contributed by atoms with Crippen molar-refractivity contribution >= 4 is 37.4 Å². The number of rotatable bonds is 8. The third kappa shape index (κ3) is 5.72. The Morgan fingerprint density at radius 2 is 2.05 bits per heavy atom. The first-order chi connectivity index (χ1) is 9.39. The van der Waals surface area contributed by atoms with Crippen molar-refractivity contribution in [1.82, 2.24) is 5.32 Å². The van der Waals surface area contributed by atoms with Crippen LogP contribution in [0.4, 0.5) is 0 Å². The van der Waals surface area contributed by atoms with Gasteiger partial charge in [0.05, 0.1) is 5.75 Å². The molecule has 114 valence electrons. The van der Waals surface area contributed by atoms with Gasteiger partial charge in [-0.3, -0.25) is 0 Å². The van der Waals surface area contributed by atoms with Crippen molar-refractivity contribution in [3.63, 3.8) is 0 Å². The number of nitrogens with one attached hydrogen (secondary N) is 1. The summed E-state index contributed by atoms with van der Waals surface area (Å²) >= 11 is 9.66. The second kappa shape index (κ2) is 8.37. The Hall–Kier alpha value is -0.100. The quantitative estimate of drug-likeness (QED) is 0.740. The van der Waals surface area contributed by atoms with Gasteiger partial charge in [-0.25, -0.2) is 8.42 Å². The maximum Gasteiger partial charge on any atom is 0.150 e. The van der Waals surface area contributed by atoms with Gasteiger partial charge in [0.15, 0.2) is 0 Å². The summed E-state index contributed by atoms with van der Waals surface area (Å²) in [5.74, 6) is 0.442. The number of hydrogen-bond acceptors (Lipinski definition) is 3. The van der Waals surface area contributed by atoms with Gasteiger partial charge in [-0.2, -0.15) is 0 Å². The van der Waals surface area contributed by atoms with Crippen molar-refractivity contribution in [2.45, 2.75) is 32.7 Å². The van der Waals surface area contributed by atoms with E-state index in [1.165, 1.54) is 0 Å². The minimum Gasteiger partial charge on any atom is -0.310 e. The molecule has 0 amide bonds. The highest BCUT2D eigenvalue weighted by Crippen LogP contribution is 2.29. The predicted octanol–water partition coefficient (Wildman–Crippen LogP) is 3.97. The third-order valence-corrected chi connectivity index (χ3v) is 5.79. The molecule has 0 aliphatic heterocycles. The summed E-state index contributed by atoms with van der Waals surface area (Å²) in [5.41, 5.74) is 1.02. The van der Waals surface area contributed by atoms with Crippen molar-refractivity contribution in [3.8, 4) is 0 Å². The van der Waals surface area contributed by atoms with Crippen LogP contribution in [-0.2, 0) is 9.84 Å². The highest BCUT2D eigenvalue weighted by Gasteiger charge is 2.15. The summed E-state index contributed by atoms with van der Waals surface area (Å²) in [4.78, 5) is 0. The lowest BCUT2D eigenvalue weighted by atomic mass is 10.0. The summed E-state index contributed by atoms with van der Waals surface area (Å²) in [6.45, 7) is 4.53. The fourth-order valence-electron chi connectivity index (χ4n) is 2.05. The van der Waals surface area contributed by atoms with Crippen LogP contribution in [0.3, 0.4) is 0 Å². The number of benzene rings is 1. The molecular weight excluding hydrogens is 362 g/mol. The van der Waals surface area contributed by atoms with Crippen molar-refractivity contribution < 1.29 is 8.42 Å². The van der Waals surface area contributed by atoms with Crippen molar-refractivity contribution in [3.05, 3.63) is 33.3 Å². The summed E-state index contributed by atoms with van der Waals surface area (Å²) in [5, 5.41) is 4.07. The second-order valence-corrected chi connectivity index (χ2v) is 8.45. The van der Waals surface area contributed by atoms with Crippen molar-refractivity contribution in [1.29, 1.82) is 0 Å². The third-order valence-electron chi connectivity index (χ3n) is 3.18. The summed E-state index contributed by atoms with van der Waals surface area (Å²) in [7, 11) is -2.90. The number of halogens is 2. The largest absolute Gasteiger partial charge is 0.310 e. The molecule has 0 heterocycles. The van der Waals surface area contributed by atoms with Crippen LogP contribution in [0, 0.1) is 0 Å². The van der Waals surface area contributed by atoms with Crippen LogP contribution in [0.1, 0.15) is 38.3 Å². The molecule has 1 unspecified atom stereocenters. The van der Waals surface area contributed by atoms with E-state index in [9.17, 15) is 8.42 Å². The van der Waals surface area contributed by atoms with E-state index in [-0.39, 0.29) is 17.5 Å². The smallest absolute Gasteiger partial charge is 0.150 e. The summed E-state index contributed by atoms with van der Waals surface area (Å²) < 4.78 is 24.0. The lowest BCUT2D eigenvalue weighted by Crippen LogP contribution is -2.22. The molecule has 1 N–H and O–H groups in total. The molecule has 0 bridgehead atoms. The predicted molar refractivity (Wildman–Crippen MR) is 89.1 cm³/mol. The standard InChI is InChI=1S/C14H21BrClNO2S/c1-3-17-14(6-5-9-20(18,19)4-2)12-8-7-11(15)10-13(12)16/h7-8,10,14,17H,3-6,9H2,1-2H3. The first kappa shape index (κ1) is 18.0. The fourth-order valence-corrected chi connectivity index (χ4v) is 3.75. The lowest BCUT2D eigenvalue weighted by Gasteiger charge is -2.19. The first-order valence-corrected chi connectivity index (χ1v) is 9.77. The zero-order chi connectivity index (χ0) is 15.2. The average Bonchev–Trinajstić information content (AvgIpc) is 2.38. The van der Waals surface area contributed by atoms with E-state index in [2.05, 4.69) is 21.2 Å². The van der Waals surface area contributed by atoms with Gasteiger partial charge in [-0.05, 0) is 37.1 Å². The molecule has 6 heteroatoms. The Kier molecular flexibility index (Phi) is 7.51. The van der Waals surface area contributed by atoms with Crippen LogP contribution in [0.15, 0.2) is 22.7 Å². The zero-order valence-corrected chi connectivity index (χ0v) is 15.0. The average molecular weight is 383 g/mol. The second-order valence-electron chi connectivity index (χ2n) is 4.65. The molecule has 3 nitrogen and oxygen atoms in total. The number of hydrogen-bond donors (Lipinski definition) is 1. The van der Waals surface area contributed by atoms with Crippen molar-refractivity contribution in [2.75, 3.05) is 18.1 Å². The van der Waals surface area contributed by atoms with Gasteiger partial charge in [-0.15, -0.1) is 0 Å². The van der Waals surface area contributed by atoms with E-state index in [1.54, 1.807) is 6.92 Å². The SMILES string of the molecule is CCNC(CCCS(=O)(=O)CC)c1ccc(Br)cc1Cl. The van der Waals surface area contributed by atoms with Gasteiger partial charge in [-0.1, -0.05) is 47.4 Å². The van der Waals surface area contributed by atoms with Crippen LogP contribution >= 0.6 is 27.5 Å². The minimum atomic E-state index is -2.90. The lowest BCUT2D eigenvalue weighted by molar-refractivity contribution is 0.507. The molecule has 0 aliphatic carbocycles. The monoisotopic (exact) mass is 381 g/mol. The number of sulfone groups is 1. The van der Waals surface area contributed by atoms with E-state index in [0.29, 0.717) is 11.4 Å². The van der Waals surface area contributed by atoms with E-state index < -0.39 is 9.84 Å². The molecule has 1 aromatic carbocycles. The normalized spacial score (nSPS) is 13.4. The molecule has 20 heavy (non-hydrogen) atoms. The minimum absolute atomic E-state index is 0.0904. The van der Waals surface area contributed by atoms with Crippen LogP contribution in [0.25, 0.3) is 0 Å². The fraction of sp³-hybridized carbons (Fsp3) is 0.571. The van der Waals surface area contributed by atoms with Gasteiger partial charge in [0.1, 0.15) is 9.84 Å². The molecule has 0 fully saturated rings. The molecule has 0 radical (unpaired) electrons. The van der Waals surface area contributed by atoms with E-state index in [4.69, 9.17) is 11.6 Å². The van der Waals surface area contributed by atoms with Gasteiger partial charge < -0.3 is 5.32 Å². The van der Waals surface area contributed by atoms with E-state index in [1.807, 2.05) is 25.1 Å². The van der Waals surface area contributed by atoms with Gasteiger partial charge >= 0.3 is 0 Å².